The van der Waals surface area contributed by atoms with Gasteiger partial charge in [0.25, 0.3) is 0 Å². The van der Waals surface area contributed by atoms with Gasteiger partial charge in [0.15, 0.2) is 0 Å². The summed E-state index contributed by atoms with van der Waals surface area (Å²) in [6.07, 6.45) is 1.25. The van der Waals surface area contributed by atoms with E-state index >= 15 is 4.39 Å². The maximum absolute atomic E-state index is 16.1. The van der Waals surface area contributed by atoms with Crippen LogP contribution in [0, 0.1) is 0 Å². The summed E-state index contributed by atoms with van der Waals surface area (Å²) in [5, 5.41) is 7.71. The summed E-state index contributed by atoms with van der Waals surface area (Å²) in [5.74, 6) is -0.831. The minimum Gasteiger partial charge on any atom is -0.491 e. The summed E-state index contributed by atoms with van der Waals surface area (Å²) in [7, 11) is 3.61. The molecule has 0 saturated heterocycles. The highest BCUT2D eigenvalue weighted by Gasteiger charge is 2.32. The lowest BCUT2D eigenvalue weighted by Gasteiger charge is -2.36. The number of benzene rings is 1. The number of amides is 1. The lowest BCUT2D eigenvalue weighted by atomic mass is 9.91. The highest BCUT2D eigenvalue weighted by molar-refractivity contribution is 7.17. The van der Waals surface area contributed by atoms with Crippen LogP contribution >= 0.6 is 11.3 Å². The van der Waals surface area contributed by atoms with Crippen molar-refractivity contribution >= 4 is 33.1 Å². The highest BCUT2D eigenvalue weighted by Crippen LogP contribution is 2.45. The number of aromatic nitrogens is 3. The molecule has 0 saturated carbocycles. The number of halogens is 2. The lowest BCUT2D eigenvalue weighted by Crippen LogP contribution is -2.45. The number of allylic oxidation sites excluding steroid dienone is 3. The first-order valence-corrected chi connectivity index (χ1v) is 18.0. The molecule has 12 heteroatoms. The van der Waals surface area contributed by atoms with Crippen LogP contribution in [0.3, 0.4) is 0 Å². The molecule has 9 nitrogen and oxygen atoms in total. The minimum absolute atomic E-state index is 0.00919. The molecular weight excluding hydrogens is 673 g/mol. The smallest absolute Gasteiger partial charge is 0.410 e. The van der Waals surface area contributed by atoms with Gasteiger partial charge in [0.05, 0.1) is 36.4 Å². The largest absolute Gasteiger partial charge is 0.491 e. The number of carbonyl (C=O) groups is 1. The van der Waals surface area contributed by atoms with Crippen molar-refractivity contribution in [3.05, 3.63) is 88.7 Å². The lowest BCUT2D eigenvalue weighted by molar-refractivity contribution is 0.0138. The fraction of sp³-hybridized carbons (Fsp3) is 0.410. The molecular formula is C39H45F2N5O4S. The van der Waals surface area contributed by atoms with Crippen molar-refractivity contribution in [3.8, 4) is 22.6 Å². The molecule has 2 aliphatic rings. The van der Waals surface area contributed by atoms with Crippen LogP contribution in [0.1, 0.15) is 63.0 Å². The van der Waals surface area contributed by atoms with Gasteiger partial charge in [0.2, 0.25) is 0 Å². The third-order valence-electron chi connectivity index (χ3n) is 9.45. The molecule has 51 heavy (non-hydrogen) atoms. The standard InChI is InChI=1S/C39H45F2N5O4S/c1-23-19-26-9-10-27(20-28(26)22-45(23)38(47)50-39(4,5)6)35-29-12-18-51-37(29)34(33(30(41)11-13-40)25(3)49-17-16-48-8)36(42-35)31-21-32-24(2)44(7)14-15-46(32)43-31/h9-13,18,20-21,23-24H,3,14-17,19,22H2,1-2,4-8H3/b13-11+,33-30?/t23?,24-/m1/s1. The van der Waals surface area contributed by atoms with Crippen molar-refractivity contribution in [1.29, 1.82) is 0 Å². The molecule has 5 heterocycles. The van der Waals surface area contributed by atoms with Crippen LogP contribution in [0.15, 0.2) is 66.3 Å². The van der Waals surface area contributed by atoms with Crippen molar-refractivity contribution in [2.75, 3.05) is 33.9 Å². The van der Waals surface area contributed by atoms with Gasteiger partial charge in [-0.15, -0.1) is 11.3 Å². The summed E-state index contributed by atoms with van der Waals surface area (Å²) < 4.78 is 49.2. The average molecular weight is 718 g/mol. The average Bonchev–Trinajstić information content (AvgIpc) is 3.74. The second-order valence-corrected chi connectivity index (χ2v) is 15.0. The Balaban J connectivity index is 1.55. The van der Waals surface area contributed by atoms with Gasteiger partial charge in [0, 0.05) is 59.6 Å². The van der Waals surface area contributed by atoms with E-state index in [0.717, 1.165) is 45.1 Å². The van der Waals surface area contributed by atoms with Gasteiger partial charge in [-0.3, -0.25) is 9.58 Å². The maximum Gasteiger partial charge on any atom is 0.410 e. The normalized spacial score (nSPS) is 18.5. The zero-order valence-electron chi connectivity index (χ0n) is 30.3. The zero-order chi connectivity index (χ0) is 36.6. The Morgan fingerprint density at radius 1 is 1.12 bits per heavy atom. The van der Waals surface area contributed by atoms with Crippen LogP contribution < -0.4 is 0 Å². The fourth-order valence-electron chi connectivity index (χ4n) is 6.70. The number of hydrogen-bond donors (Lipinski definition) is 0. The minimum atomic E-state index is -0.854. The summed E-state index contributed by atoms with van der Waals surface area (Å²) in [6.45, 7) is 16.1. The van der Waals surface area contributed by atoms with Crippen molar-refractivity contribution < 1.29 is 27.8 Å². The number of likely N-dealkylation sites (N-methyl/N-ethyl adjacent to an activating group) is 1. The molecule has 1 aromatic carbocycles. The molecule has 0 aliphatic carbocycles. The van der Waals surface area contributed by atoms with E-state index in [1.165, 1.54) is 11.3 Å². The molecule has 1 amide bonds. The first kappa shape index (κ1) is 36.4. The Labute approximate surface area is 301 Å². The number of hydrogen-bond acceptors (Lipinski definition) is 8. The first-order valence-electron chi connectivity index (χ1n) is 17.1. The molecule has 0 spiro atoms. The van der Waals surface area contributed by atoms with Crippen LogP contribution in [0.5, 0.6) is 0 Å². The Kier molecular flexibility index (Phi) is 10.5. The molecule has 1 unspecified atom stereocenters. The third-order valence-corrected chi connectivity index (χ3v) is 10.4. The number of fused-ring (bicyclic) bond motifs is 3. The molecule has 0 fully saturated rings. The number of rotatable bonds is 9. The van der Waals surface area contributed by atoms with Crippen LogP contribution in [0.4, 0.5) is 13.6 Å². The summed E-state index contributed by atoms with van der Waals surface area (Å²) >= 11 is 1.42. The number of methoxy groups -OCH3 is 1. The topological polar surface area (TPSA) is 82.0 Å². The number of nitrogens with zero attached hydrogens (tertiary/aromatic N) is 5. The third kappa shape index (κ3) is 7.35. The van der Waals surface area contributed by atoms with E-state index in [4.69, 9.17) is 24.3 Å². The molecule has 0 radical (unpaired) electrons. The Hall–Kier alpha value is -4.39. The van der Waals surface area contributed by atoms with E-state index in [9.17, 15) is 9.18 Å². The van der Waals surface area contributed by atoms with Gasteiger partial charge in [-0.1, -0.05) is 18.7 Å². The monoisotopic (exact) mass is 717 g/mol. The summed E-state index contributed by atoms with van der Waals surface area (Å²) in [6, 6.07) is 10.2. The van der Waals surface area contributed by atoms with Gasteiger partial charge in [-0.25, -0.2) is 18.6 Å². The maximum atomic E-state index is 16.1. The Morgan fingerprint density at radius 2 is 1.90 bits per heavy atom. The van der Waals surface area contributed by atoms with E-state index in [1.807, 2.05) is 56.0 Å². The summed E-state index contributed by atoms with van der Waals surface area (Å²) in [4.78, 5) is 22.5. The molecule has 270 valence electrons. The van der Waals surface area contributed by atoms with Crippen LogP contribution in [0.2, 0.25) is 0 Å². The molecule has 0 N–H and O–H groups in total. The number of ether oxygens (including phenoxy) is 3. The van der Waals surface area contributed by atoms with E-state index in [1.54, 1.807) is 12.0 Å². The number of thiophene rings is 1. The van der Waals surface area contributed by atoms with Gasteiger partial charge in [0.1, 0.15) is 35.2 Å². The quantitative estimate of drug-likeness (QED) is 0.0972. The zero-order valence-corrected chi connectivity index (χ0v) is 31.1. The SMILES string of the molecule is C=C(OCCOC)C(=C(F)/C=C/F)c1c(-c2cc3n(n2)CCN(C)[C@@H]3C)nc(-c2ccc3c(c2)CN(C(=O)OC(C)(C)C)C(C)C3)c2ccsc12. The van der Waals surface area contributed by atoms with E-state index in [2.05, 4.69) is 37.6 Å². The molecule has 0 bridgehead atoms. The fourth-order valence-corrected chi connectivity index (χ4v) is 7.65. The van der Waals surface area contributed by atoms with Crippen molar-refractivity contribution in [2.45, 2.75) is 71.8 Å². The molecule has 3 aromatic heterocycles. The number of carbonyl (C=O) groups excluding carboxylic acids is 1. The predicted octanol–water partition coefficient (Wildman–Crippen LogP) is 8.86. The van der Waals surface area contributed by atoms with Gasteiger partial charge >= 0.3 is 6.09 Å². The van der Waals surface area contributed by atoms with E-state index in [-0.39, 0.29) is 49.1 Å². The first-order chi connectivity index (χ1) is 24.3. The molecule has 2 aliphatic heterocycles. The van der Waals surface area contributed by atoms with Gasteiger partial charge in [-0.05, 0) is 82.8 Å². The van der Waals surface area contributed by atoms with Crippen LogP contribution in [0.25, 0.3) is 38.3 Å². The van der Waals surface area contributed by atoms with Crippen molar-refractivity contribution in [1.82, 2.24) is 24.6 Å². The van der Waals surface area contributed by atoms with Crippen molar-refractivity contribution in [2.24, 2.45) is 0 Å². The summed E-state index contributed by atoms with van der Waals surface area (Å²) in [5.41, 5.74) is 5.45. The molecule has 6 rings (SSSR count). The Morgan fingerprint density at radius 3 is 2.63 bits per heavy atom. The van der Waals surface area contributed by atoms with Gasteiger partial charge in [-0.2, -0.15) is 5.10 Å². The highest BCUT2D eigenvalue weighted by atomic mass is 32.1. The van der Waals surface area contributed by atoms with Gasteiger partial charge < -0.3 is 19.1 Å². The second kappa shape index (κ2) is 14.7. The second-order valence-electron chi connectivity index (χ2n) is 14.1. The van der Waals surface area contributed by atoms with Crippen LogP contribution in [-0.4, -0.2) is 76.2 Å². The van der Waals surface area contributed by atoms with Crippen LogP contribution in [-0.2, 0) is 33.7 Å². The molecule has 2 atom stereocenters. The van der Waals surface area contributed by atoms with E-state index < -0.39 is 11.4 Å². The van der Waals surface area contributed by atoms with E-state index in [0.29, 0.717) is 42.2 Å². The van der Waals surface area contributed by atoms with Crippen molar-refractivity contribution in [3.63, 3.8) is 0 Å². The number of pyridine rings is 1. The Bertz CT molecular complexity index is 2030. The molecule has 4 aromatic rings. The predicted molar refractivity (Wildman–Crippen MR) is 198 cm³/mol.